The molecule has 2 aromatic carbocycles. The first kappa shape index (κ1) is 18.1. The Balaban J connectivity index is 1.47. The van der Waals surface area contributed by atoms with Gasteiger partial charge in [-0.25, -0.2) is 4.98 Å². The Morgan fingerprint density at radius 3 is 2.61 bits per heavy atom. The van der Waals surface area contributed by atoms with Crippen molar-refractivity contribution < 1.29 is 9.21 Å². The fraction of sp³-hybridized carbons (Fsp3) is 0.136. The van der Waals surface area contributed by atoms with Crippen molar-refractivity contribution in [2.24, 2.45) is 0 Å². The molecule has 28 heavy (non-hydrogen) atoms. The number of aromatic nitrogens is 1. The van der Waals surface area contributed by atoms with Gasteiger partial charge in [-0.3, -0.25) is 9.59 Å². The molecule has 0 radical (unpaired) electrons. The van der Waals surface area contributed by atoms with Crippen LogP contribution >= 0.6 is 11.3 Å². The zero-order valence-electron chi connectivity index (χ0n) is 15.5. The van der Waals surface area contributed by atoms with E-state index in [0.717, 1.165) is 27.4 Å². The zero-order valence-corrected chi connectivity index (χ0v) is 16.3. The minimum Gasteiger partial charge on any atom is -0.451 e. The molecule has 2 heterocycles. The summed E-state index contributed by atoms with van der Waals surface area (Å²) >= 11 is 1.61. The molecule has 4 aromatic rings. The van der Waals surface area contributed by atoms with E-state index in [0.29, 0.717) is 17.5 Å². The predicted octanol–water partition coefficient (Wildman–Crippen LogP) is 4.46. The van der Waals surface area contributed by atoms with Gasteiger partial charge in [-0.2, -0.15) is 0 Å². The first-order valence-corrected chi connectivity index (χ1v) is 9.72. The summed E-state index contributed by atoms with van der Waals surface area (Å²) in [7, 11) is 0. The van der Waals surface area contributed by atoms with Gasteiger partial charge in [0.2, 0.25) is 0 Å². The van der Waals surface area contributed by atoms with E-state index in [4.69, 9.17) is 4.42 Å². The van der Waals surface area contributed by atoms with E-state index in [1.165, 1.54) is 6.07 Å². The number of hydrogen-bond acceptors (Lipinski definition) is 5. The van der Waals surface area contributed by atoms with E-state index in [-0.39, 0.29) is 11.2 Å². The predicted molar refractivity (Wildman–Crippen MR) is 111 cm³/mol. The van der Waals surface area contributed by atoms with E-state index in [1.807, 2.05) is 49.6 Å². The SMILES string of the molecule is Cc1ccc2oc(C(=O)NCc3ccc(-c4csc(C)n4)cc3)cc(=O)c2c1. The van der Waals surface area contributed by atoms with Crippen LogP contribution in [0.25, 0.3) is 22.2 Å². The summed E-state index contributed by atoms with van der Waals surface area (Å²) in [5.74, 6) is -0.408. The lowest BCUT2D eigenvalue weighted by atomic mass is 10.1. The minimum atomic E-state index is -0.418. The first-order valence-electron chi connectivity index (χ1n) is 8.84. The van der Waals surface area contributed by atoms with Crippen molar-refractivity contribution in [1.29, 1.82) is 0 Å². The van der Waals surface area contributed by atoms with Gasteiger partial charge >= 0.3 is 0 Å². The van der Waals surface area contributed by atoms with Crippen LogP contribution in [0.3, 0.4) is 0 Å². The summed E-state index contributed by atoms with van der Waals surface area (Å²) < 4.78 is 5.61. The van der Waals surface area contributed by atoms with E-state index >= 15 is 0 Å². The maximum atomic E-state index is 12.4. The highest BCUT2D eigenvalue weighted by Gasteiger charge is 2.12. The Morgan fingerprint density at radius 1 is 1.11 bits per heavy atom. The smallest absolute Gasteiger partial charge is 0.287 e. The molecule has 1 amide bonds. The quantitative estimate of drug-likeness (QED) is 0.558. The molecule has 0 unspecified atom stereocenters. The highest BCUT2D eigenvalue weighted by Crippen LogP contribution is 2.22. The minimum absolute atomic E-state index is 0.0101. The van der Waals surface area contributed by atoms with Crippen LogP contribution in [-0.4, -0.2) is 10.9 Å². The van der Waals surface area contributed by atoms with Crippen molar-refractivity contribution in [3.05, 3.63) is 86.0 Å². The van der Waals surface area contributed by atoms with Crippen molar-refractivity contribution in [3.8, 4) is 11.3 Å². The molecule has 0 saturated heterocycles. The lowest BCUT2D eigenvalue weighted by Crippen LogP contribution is -2.24. The number of amides is 1. The van der Waals surface area contributed by atoms with E-state index in [9.17, 15) is 9.59 Å². The standard InChI is InChI=1S/C22H18N2O3S/c1-13-3-8-20-17(9-13)19(25)10-21(27-20)22(26)23-11-15-4-6-16(7-5-15)18-12-28-14(2)24-18/h3-10,12H,11H2,1-2H3,(H,23,26). The van der Waals surface area contributed by atoms with Crippen molar-refractivity contribution in [2.75, 3.05) is 0 Å². The average Bonchev–Trinajstić information content (AvgIpc) is 3.13. The van der Waals surface area contributed by atoms with Gasteiger partial charge in [-0.1, -0.05) is 35.9 Å². The Hall–Kier alpha value is -3.25. The maximum absolute atomic E-state index is 12.4. The molecule has 2 aromatic heterocycles. The van der Waals surface area contributed by atoms with Gasteiger partial charge in [0, 0.05) is 23.6 Å². The monoisotopic (exact) mass is 390 g/mol. The summed E-state index contributed by atoms with van der Waals surface area (Å²) in [5.41, 5.74) is 4.08. The number of rotatable bonds is 4. The Bertz CT molecular complexity index is 1220. The zero-order chi connectivity index (χ0) is 19.7. The van der Waals surface area contributed by atoms with Crippen molar-refractivity contribution in [1.82, 2.24) is 10.3 Å². The fourth-order valence-electron chi connectivity index (χ4n) is 2.94. The second kappa shape index (κ2) is 7.40. The third-order valence-corrected chi connectivity index (χ3v) is 5.20. The average molecular weight is 390 g/mol. The molecule has 0 saturated carbocycles. The van der Waals surface area contributed by atoms with Crippen LogP contribution in [0.15, 0.2) is 63.1 Å². The molecule has 4 rings (SSSR count). The normalized spacial score (nSPS) is 10.9. The number of carbonyl (C=O) groups is 1. The molecule has 5 nitrogen and oxygen atoms in total. The van der Waals surface area contributed by atoms with E-state index in [2.05, 4.69) is 10.3 Å². The van der Waals surface area contributed by atoms with Gasteiger partial charge < -0.3 is 9.73 Å². The van der Waals surface area contributed by atoms with E-state index < -0.39 is 5.91 Å². The number of benzene rings is 2. The molecule has 0 atom stereocenters. The molecule has 0 aliphatic rings. The van der Waals surface area contributed by atoms with Crippen LogP contribution in [0.2, 0.25) is 0 Å². The number of thiazole rings is 1. The molecule has 0 aliphatic carbocycles. The van der Waals surface area contributed by atoms with Crippen molar-refractivity contribution in [3.63, 3.8) is 0 Å². The molecule has 0 aliphatic heterocycles. The highest BCUT2D eigenvalue weighted by atomic mass is 32.1. The van der Waals surface area contributed by atoms with Crippen LogP contribution in [0.4, 0.5) is 0 Å². The first-order chi connectivity index (χ1) is 13.5. The molecule has 0 spiro atoms. The Labute approximate surface area is 165 Å². The Kier molecular flexibility index (Phi) is 4.79. The Morgan fingerprint density at radius 2 is 1.89 bits per heavy atom. The van der Waals surface area contributed by atoms with Gasteiger partial charge in [0.15, 0.2) is 11.2 Å². The molecule has 0 bridgehead atoms. The van der Waals surface area contributed by atoms with Crippen LogP contribution in [0.5, 0.6) is 0 Å². The fourth-order valence-corrected chi connectivity index (χ4v) is 3.56. The number of carbonyl (C=O) groups excluding carboxylic acids is 1. The summed E-state index contributed by atoms with van der Waals surface area (Å²) in [4.78, 5) is 29.1. The van der Waals surface area contributed by atoms with Gasteiger partial charge in [0.05, 0.1) is 16.1 Å². The maximum Gasteiger partial charge on any atom is 0.287 e. The topological polar surface area (TPSA) is 72.2 Å². The largest absolute Gasteiger partial charge is 0.451 e. The van der Waals surface area contributed by atoms with Gasteiger partial charge in [0.1, 0.15) is 5.58 Å². The second-order valence-electron chi connectivity index (χ2n) is 6.61. The third kappa shape index (κ3) is 3.73. The van der Waals surface area contributed by atoms with Crippen molar-refractivity contribution >= 4 is 28.2 Å². The second-order valence-corrected chi connectivity index (χ2v) is 7.67. The summed E-state index contributed by atoms with van der Waals surface area (Å²) in [6.07, 6.45) is 0. The molecule has 140 valence electrons. The molecular weight excluding hydrogens is 372 g/mol. The summed E-state index contributed by atoms with van der Waals surface area (Å²) in [6, 6.07) is 14.4. The third-order valence-electron chi connectivity index (χ3n) is 4.43. The molecule has 6 heteroatoms. The van der Waals surface area contributed by atoms with Crippen LogP contribution in [0.1, 0.15) is 26.7 Å². The van der Waals surface area contributed by atoms with Gasteiger partial charge in [-0.15, -0.1) is 11.3 Å². The highest BCUT2D eigenvalue weighted by molar-refractivity contribution is 7.09. The number of aryl methyl sites for hydroxylation is 2. The number of fused-ring (bicyclic) bond motifs is 1. The number of hydrogen-bond donors (Lipinski definition) is 1. The number of nitrogens with zero attached hydrogens (tertiary/aromatic N) is 1. The summed E-state index contributed by atoms with van der Waals surface area (Å²) in [5, 5.41) is 6.32. The van der Waals surface area contributed by atoms with E-state index in [1.54, 1.807) is 23.5 Å². The van der Waals surface area contributed by atoms with Gasteiger partial charge in [-0.05, 0) is 31.5 Å². The van der Waals surface area contributed by atoms with Crippen LogP contribution < -0.4 is 10.7 Å². The molecule has 0 fully saturated rings. The number of nitrogens with one attached hydrogen (secondary N) is 1. The van der Waals surface area contributed by atoms with Crippen LogP contribution in [0, 0.1) is 13.8 Å². The summed E-state index contributed by atoms with van der Waals surface area (Å²) in [6.45, 7) is 4.22. The lowest BCUT2D eigenvalue weighted by Gasteiger charge is -2.07. The molecule has 1 N–H and O–H groups in total. The van der Waals surface area contributed by atoms with Crippen molar-refractivity contribution in [2.45, 2.75) is 20.4 Å². The molecular formula is C22H18N2O3S. The van der Waals surface area contributed by atoms with Crippen LogP contribution in [-0.2, 0) is 6.54 Å². The lowest BCUT2D eigenvalue weighted by molar-refractivity contribution is 0.0923. The van der Waals surface area contributed by atoms with Gasteiger partial charge in [0.25, 0.3) is 5.91 Å².